The fourth-order valence-electron chi connectivity index (χ4n) is 7.43. The van der Waals surface area contributed by atoms with Gasteiger partial charge in [0.15, 0.2) is 34.7 Å². The number of unbranched alkanes of at least 4 members (excludes halogenated alkanes) is 1. The van der Waals surface area contributed by atoms with Crippen LogP contribution in [0.15, 0.2) is 6.07 Å². The molecular formula is C31H44N4O7. The predicted molar refractivity (Wildman–Crippen MR) is 156 cm³/mol. The van der Waals surface area contributed by atoms with Crippen LogP contribution < -0.4 is 10.6 Å². The highest BCUT2D eigenvalue weighted by atomic mass is 16.3. The van der Waals surface area contributed by atoms with Gasteiger partial charge >= 0.3 is 0 Å². The first-order valence-electron chi connectivity index (χ1n) is 14.8. The molecule has 11 nitrogen and oxygen atoms in total. The average molecular weight is 585 g/mol. The molecule has 4 rings (SSSR count). The first-order valence-corrected chi connectivity index (χ1v) is 14.8. The Bertz CT molecular complexity index is 1310. The summed E-state index contributed by atoms with van der Waals surface area (Å²) in [5, 5.41) is 23.3. The van der Waals surface area contributed by atoms with Crippen molar-refractivity contribution < 1.29 is 34.2 Å². The number of benzene rings is 1. The minimum atomic E-state index is -2.73. The molecule has 0 radical (unpaired) electrons. The second-order valence-corrected chi connectivity index (χ2v) is 12.6. The van der Waals surface area contributed by atoms with Gasteiger partial charge in [-0.15, -0.1) is 0 Å². The van der Waals surface area contributed by atoms with Crippen LogP contribution in [-0.2, 0) is 32.1 Å². The SMILES string of the molecule is CCCCN(CCC)Cc1cc(N(C)C)c2c(c1O)C(=O)C1C(=O)[C@@]3(O)C(=O)C(C(N)=O)C(=O)C(N(C)C)[C@H]3C[C@H]1C2. The summed E-state index contributed by atoms with van der Waals surface area (Å²) in [6.45, 7) is 6.25. The van der Waals surface area contributed by atoms with Crippen molar-refractivity contribution in [3.63, 3.8) is 0 Å². The van der Waals surface area contributed by atoms with E-state index in [1.807, 2.05) is 25.1 Å². The molecule has 0 saturated heterocycles. The second-order valence-electron chi connectivity index (χ2n) is 12.6. The first-order chi connectivity index (χ1) is 19.7. The number of primary amides is 1. The summed E-state index contributed by atoms with van der Waals surface area (Å²) < 4.78 is 0. The molecule has 230 valence electrons. The number of rotatable bonds is 10. The van der Waals surface area contributed by atoms with E-state index in [2.05, 4.69) is 18.7 Å². The molecule has 42 heavy (non-hydrogen) atoms. The van der Waals surface area contributed by atoms with Crippen LogP contribution in [0.1, 0.15) is 61.0 Å². The largest absolute Gasteiger partial charge is 0.507 e. The number of carbonyl (C=O) groups excluding carboxylic acids is 5. The number of hydrogen-bond donors (Lipinski definition) is 3. The second kappa shape index (κ2) is 11.9. The van der Waals surface area contributed by atoms with E-state index in [4.69, 9.17) is 5.73 Å². The average Bonchev–Trinajstić information content (AvgIpc) is 2.90. The van der Waals surface area contributed by atoms with Crippen LogP contribution in [0, 0.1) is 23.7 Å². The van der Waals surface area contributed by atoms with Crippen LogP contribution in [0.4, 0.5) is 5.69 Å². The van der Waals surface area contributed by atoms with Crippen LogP contribution in [0.3, 0.4) is 0 Å². The molecule has 1 aromatic carbocycles. The highest BCUT2D eigenvalue weighted by molar-refractivity contribution is 6.32. The molecule has 11 heteroatoms. The van der Waals surface area contributed by atoms with Crippen molar-refractivity contribution in [3.8, 4) is 5.75 Å². The summed E-state index contributed by atoms with van der Waals surface area (Å²) in [6.07, 6.45) is 3.19. The van der Waals surface area contributed by atoms with E-state index in [0.717, 1.165) is 38.0 Å². The fourth-order valence-corrected chi connectivity index (χ4v) is 7.43. The molecule has 3 unspecified atom stereocenters. The molecule has 2 saturated carbocycles. The summed E-state index contributed by atoms with van der Waals surface area (Å²) >= 11 is 0. The third kappa shape index (κ3) is 4.95. The van der Waals surface area contributed by atoms with E-state index >= 15 is 0 Å². The molecule has 6 atom stereocenters. The lowest BCUT2D eigenvalue weighted by atomic mass is 9.52. The summed E-state index contributed by atoms with van der Waals surface area (Å²) in [7, 11) is 6.84. The van der Waals surface area contributed by atoms with Crippen LogP contribution in [0.2, 0.25) is 0 Å². The van der Waals surface area contributed by atoms with Gasteiger partial charge in [0, 0.05) is 37.8 Å². The van der Waals surface area contributed by atoms with Gasteiger partial charge in [-0.3, -0.25) is 33.8 Å². The maximum absolute atomic E-state index is 14.2. The van der Waals surface area contributed by atoms with Gasteiger partial charge in [0.2, 0.25) is 5.91 Å². The van der Waals surface area contributed by atoms with E-state index in [1.165, 1.54) is 4.90 Å². The molecule has 0 heterocycles. The van der Waals surface area contributed by atoms with Crippen molar-refractivity contribution in [2.24, 2.45) is 29.4 Å². The van der Waals surface area contributed by atoms with E-state index in [1.54, 1.807) is 14.1 Å². The number of aromatic hydroxyl groups is 1. The number of Topliss-reactive ketones (excluding diaryl/α,β-unsaturated/α-hetero) is 4. The number of nitrogens with zero attached hydrogens (tertiary/aromatic N) is 3. The highest BCUT2D eigenvalue weighted by Gasteiger charge is 2.69. The Labute approximate surface area is 247 Å². The number of phenols is 1. The number of amides is 1. The van der Waals surface area contributed by atoms with Crippen molar-refractivity contribution in [3.05, 3.63) is 22.8 Å². The lowest BCUT2D eigenvalue weighted by Crippen LogP contribution is -2.74. The number of anilines is 1. The summed E-state index contributed by atoms with van der Waals surface area (Å²) in [6, 6.07) is 0.772. The summed E-state index contributed by atoms with van der Waals surface area (Å²) in [5.74, 6) is -10.3. The number of likely N-dealkylation sites (N-methyl/N-ethyl adjacent to an activating group) is 1. The third-order valence-corrected chi connectivity index (χ3v) is 9.36. The smallest absolute Gasteiger partial charge is 0.235 e. The molecule has 3 aliphatic carbocycles. The van der Waals surface area contributed by atoms with Crippen LogP contribution >= 0.6 is 0 Å². The molecule has 4 N–H and O–H groups in total. The Morgan fingerprint density at radius 1 is 1.05 bits per heavy atom. The molecule has 0 spiro atoms. The molecule has 1 aromatic rings. The summed E-state index contributed by atoms with van der Waals surface area (Å²) in [4.78, 5) is 72.9. The number of phenolic OH excluding ortho intramolecular Hbond substituents is 1. The molecular weight excluding hydrogens is 540 g/mol. The van der Waals surface area contributed by atoms with E-state index in [0.29, 0.717) is 17.7 Å². The van der Waals surface area contributed by atoms with Gasteiger partial charge in [-0.05, 0) is 70.4 Å². The van der Waals surface area contributed by atoms with Crippen molar-refractivity contribution in [1.29, 1.82) is 0 Å². The zero-order valence-electron chi connectivity index (χ0n) is 25.5. The van der Waals surface area contributed by atoms with E-state index in [9.17, 15) is 34.2 Å². The Hall–Kier alpha value is -3.15. The Balaban J connectivity index is 1.84. The van der Waals surface area contributed by atoms with Crippen LogP contribution in [0.5, 0.6) is 5.75 Å². The normalized spacial score (nSPS) is 29.0. The Morgan fingerprint density at radius 2 is 1.71 bits per heavy atom. The maximum Gasteiger partial charge on any atom is 0.235 e. The molecule has 1 amide bonds. The number of fused-ring (bicyclic) bond motifs is 3. The van der Waals surface area contributed by atoms with Gasteiger partial charge in [-0.2, -0.15) is 0 Å². The predicted octanol–water partition coefficient (Wildman–Crippen LogP) is 0.945. The van der Waals surface area contributed by atoms with Gasteiger partial charge < -0.3 is 20.8 Å². The van der Waals surface area contributed by atoms with Gasteiger partial charge in [0.25, 0.3) is 0 Å². The van der Waals surface area contributed by atoms with Crippen molar-refractivity contribution in [2.45, 2.75) is 64.1 Å². The zero-order valence-corrected chi connectivity index (χ0v) is 25.5. The van der Waals surface area contributed by atoms with Gasteiger partial charge in [-0.1, -0.05) is 20.3 Å². The van der Waals surface area contributed by atoms with Crippen molar-refractivity contribution in [2.75, 3.05) is 46.2 Å². The maximum atomic E-state index is 14.2. The van der Waals surface area contributed by atoms with Crippen molar-refractivity contribution >= 4 is 34.7 Å². The number of nitrogens with two attached hydrogens (primary N) is 1. The number of ketones is 4. The monoisotopic (exact) mass is 584 g/mol. The van der Waals surface area contributed by atoms with Gasteiger partial charge in [-0.25, -0.2) is 0 Å². The molecule has 3 aliphatic rings. The number of aliphatic hydroxyl groups is 1. The van der Waals surface area contributed by atoms with Gasteiger partial charge in [0.1, 0.15) is 5.75 Å². The summed E-state index contributed by atoms with van der Waals surface area (Å²) in [5.41, 5.74) is 4.62. The molecule has 0 aliphatic heterocycles. The Kier molecular flexibility index (Phi) is 8.97. The highest BCUT2D eigenvalue weighted by Crippen LogP contribution is 2.52. The standard InChI is InChI=1S/C31H44N4O7/c1-7-9-11-35(10-8-2)15-17-14-20(33(3)4)18-12-16-13-19-24(34(5)6)27(38)23(30(32)41)29(40)31(19,42)28(39)21(16)26(37)22(18)25(17)36/h14,16,19,21,23-24,36,42H,7-13,15H2,1-6H3,(H2,32,41)/t16-,19-,21?,23?,24?,31-/m1/s1. The first kappa shape index (κ1) is 31.8. The minimum Gasteiger partial charge on any atom is -0.507 e. The minimum absolute atomic E-state index is 0.0283. The zero-order chi connectivity index (χ0) is 31.3. The van der Waals surface area contributed by atoms with E-state index in [-0.39, 0.29) is 24.2 Å². The van der Waals surface area contributed by atoms with Crippen LogP contribution in [0.25, 0.3) is 0 Å². The third-order valence-electron chi connectivity index (χ3n) is 9.36. The molecule has 0 bridgehead atoms. The lowest BCUT2D eigenvalue weighted by molar-refractivity contribution is -0.181. The fraction of sp³-hybridized carbons (Fsp3) is 0.645. The van der Waals surface area contributed by atoms with Crippen LogP contribution in [-0.4, -0.2) is 102 Å². The topological polar surface area (TPSA) is 162 Å². The van der Waals surface area contributed by atoms with Gasteiger partial charge in [0.05, 0.1) is 17.5 Å². The molecule has 0 aromatic heterocycles. The number of carbonyl (C=O) groups is 5. The quantitative estimate of drug-likeness (QED) is 0.338. The van der Waals surface area contributed by atoms with Crippen molar-refractivity contribution in [1.82, 2.24) is 9.80 Å². The Morgan fingerprint density at radius 3 is 2.26 bits per heavy atom. The van der Waals surface area contributed by atoms with E-state index < -0.39 is 64.4 Å². The lowest BCUT2D eigenvalue weighted by Gasteiger charge is -2.52. The number of hydrogen-bond acceptors (Lipinski definition) is 10. The molecule has 2 fully saturated rings.